The maximum absolute atomic E-state index is 6.12. The second-order valence-corrected chi connectivity index (χ2v) is 5.05. The summed E-state index contributed by atoms with van der Waals surface area (Å²) < 4.78 is 12.0. The van der Waals surface area contributed by atoms with E-state index in [1.165, 1.54) is 25.7 Å². The standard InChI is InChI=1S/C13H25NO2/c1-3-8-15-13-11(14-2)9-12(13)16-10-6-4-5-7-10/h10-14H,3-9H2,1-2H3. The molecular weight excluding hydrogens is 202 g/mol. The fourth-order valence-electron chi connectivity index (χ4n) is 2.75. The van der Waals surface area contributed by atoms with Crippen molar-refractivity contribution in [2.24, 2.45) is 0 Å². The summed E-state index contributed by atoms with van der Waals surface area (Å²) in [4.78, 5) is 0. The van der Waals surface area contributed by atoms with Gasteiger partial charge in [0.1, 0.15) is 0 Å². The van der Waals surface area contributed by atoms with Crippen LogP contribution in [0.4, 0.5) is 0 Å². The van der Waals surface area contributed by atoms with Crippen LogP contribution in [0, 0.1) is 0 Å². The Balaban J connectivity index is 1.75. The Morgan fingerprint density at radius 3 is 2.62 bits per heavy atom. The maximum Gasteiger partial charge on any atom is 0.0990 e. The summed E-state index contributed by atoms with van der Waals surface area (Å²) in [5.74, 6) is 0. The van der Waals surface area contributed by atoms with E-state index in [9.17, 15) is 0 Å². The monoisotopic (exact) mass is 227 g/mol. The van der Waals surface area contributed by atoms with Crippen molar-refractivity contribution in [1.29, 1.82) is 0 Å². The highest BCUT2D eigenvalue weighted by Gasteiger charge is 2.43. The second kappa shape index (κ2) is 5.99. The van der Waals surface area contributed by atoms with Gasteiger partial charge in [-0.15, -0.1) is 0 Å². The van der Waals surface area contributed by atoms with Crippen molar-refractivity contribution < 1.29 is 9.47 Å². The third-order valence-corrected chi connectivity index (χ3v) is 3.80. The Morgan fingerprint density at radius 1 is 1.25 bits per heavy atom. The van der Waals surface area contributed by atoms with E-state index < -0.39 is 0 Å². The molecule has 94 valence electrons. The second-order valence-electron chi connectivity index (χ2n) is 5.05. The first kappa shape index (κ1) is 12.3. The molecule has 2 saturated carbocycles. The van der Waals surface area contributed by atoms with Crippen LogP contribution in [-0.2, 0) is 9.47 Å². The van der Waals surface area contributed by atoms with Crippen LogP contribution in [0.3, 0.4) is 0 Å². The number of likely N-dealkylation sites (N-methyl/N-ethyl adjacent to an activating group) is 1. The summed E-state index contributed by atoms with van der Waals surface area (Å²) in [6.07, 6.45) is 8.52. The van der Waals surface area contributed by atoms with E-state index in [0.717, 1.165) is 19.4 Å². The van der Waals surface area contributed by atoms with Crippen molar-refractivity contribution in [2.75, 3.05) is 13.7 Å². The summed E-state index contributed by atoms with van der Waals surface area (Å²) >= 11 is 0. The first-order valence-corrected chi connectivity index (χ1v) is 6.79. The normalized spacial score (nSPS) is 35.2. The lowest BCUT2D eigenvalue weighted by Gasteiger charge is -2.44. The molecule has 0 aromatic heterocycles. The molecule has 0 heterocycles. The number of hydrogen-bond acceptors (Lipinski definition) is 3. The third-order valence-electron chi connectivity index (χ3n) is 3.80. The lowest BCUT2D eigenvalue weighted by molar-refractivity contribution is -0.165. The Labute approximate surface area is 98.9 Å². The highest BCUT2D eigenvalue weighted by Crippen LogP contribution is 2.32. The summed E-state index contributed by atoms with van der Waals surface area (Å²) in [6, 6.07) is 0.498. The molecule has 16 heavy (non-hydrogen) atoms. The summed E-state index contributed by atoms with van der Waals surface area (Å²) in [5, 5.41) is 3.31. The zero-order valence-corrected chi connectivity index (χ0v) is 10.6. The largest absolute Gasteiger partial charge is 0.374 e. The van der Waals surface area contributed by atoms with Crippen molar-refractivity contribution in [2.45, 2.75) is 69.8 Å². The topological polar surface area (TPSA) is 30.5 Å². The lowest BCUT2D eigenvalue weighted by Crippen LogP contribution is -2.60. The average molecular weight is 227 g/mol. The molecular formula is C13H25NO2. The van der Waals surface area contributed by atoms with Gasteiger partial charge < -0.3 is 14.8 Å². The average Bonchev–Trinajstić information content (AvgIpc) is 2.77. The van der Waals surface area contributed by atoms with Gasteiger partial charge >= 0.3 is 0 Å². The van der Waals surface area contributed by atoms with E-state index in [0.29, 0.717) is 18.2 Å². The molecule has 2 aliphatic rings. The van der Waals surface area contributed by atoms with Crippen LogP contribution in [0.5, 0.6) is 0 Å². The molecule has 3 nitrogen and oxygen atoms in total. The first-order chi connectivity index (χ1) is 7.85. The molecule has 3 unspecified atom stereocenters. The smallest absolute Gasteiger partial charge is 0.0990 e. The molecule has 3 heteroatoms. The minimum absolute atomic E-state index is 0.283. The van der Waals surface area contributed by atoms with E-state index in [2.05, 4.69) is 12.2 Å². The Hall–Kier alpha value is -0.120. The Morgan fingerprint density at radius 2 is 2.00 bits per heavy atom. The first-order valence-electron chi connectivity index (χ1n) is 6.79. The maximum atomic E-state index is 6.12. The summed E-state index contributed by atoms with van der Waals surface area (Å²) in [6.45, 7) is 3.01. The number of hydrogen-bond donors (Lipinski definition) is 1. The quantitative estimate of drug-likeness (QED) is 0.754. The highest BCUT2D eigenvalue weighted by atomic mass is 16.6. The zero-order chi connectivity index (χ0) is 11.4. The third kappa shape index (κ3) is 2.76. The summed E-state index contributed by atoms with van der Waals surface area (Å²) in [7, 11) is 2.01. The van der Waals surface area contributed by atoms with Gasteiger partial charge in [0, 0.05) is 12.6 Å². The number of rotatable bonds is 6. The molecule has 0 spiro atoms. The molecule has 0 bridgehead atoms. The Kier molecular flexibility index (Phi) is 4.62. The van der Waals surface area contributed by atoms with Crippen LogP contribution in [0.1, 0.15) is 45.4 Å². The van der Waals surface area contributed by atoms with Gasteiger partial charge in [-0.2, -0.15) is 0 Å². The molecule has 0 aromatic rings. The zero-order valence-electron chi connectivity index (χ0n) is 10.6. The van der Waals surface area contributed by atoms with Crippen molar-refractivity contribution >= 4 is 0 Å². The van der Waals surface area contributed by atoms with E-state index in [-0.39, 0.29) is 6.10 Å². The molecule has 0 aliphatic heterocycles. The van der Waals surface area contributed by atoms with Crippen LogP contribution in [-0.4, -0.2) is 38.0 Å². The number of ether oxygens (including phenoxy) is 2. The van der Waals surface area contributed by atoms with E-state index >= 15 is 0 Å². The van der Waals surface area contributed by atoms with Gasteiger partial charge in [-0.05, 0) is 32.7 Å². The molecule has 2 rings (SSSR count). The van der Waals surface area contributed by atoms with Crippen LogP contribution < -0.4 is 5.32 Å². The van der Waals surface area contributed by atoms with Gasteiger partial charge in [0.05, 0.1) is 18.3 Å². The van der Waals surface area contributed by atoms with Crippen LogP contribution >= 0.6 is 0 Å². The fourth-order valence-corrected chi connectivity index (χ4v) is 2.75. The van der Waals surface area contributed by atoms with Crippen molar-refractivity contribution in [3.63, 3.8) is 0 Å². The van der Waals surface area contributed by atoms with E-state index in [4.69, 9.17) is 9.47 Å². The van der Waals surface area contributed by atoms with Crippen LogP contribution in [0.2, 0.25) is 0 Å². The van der Waals surface area contributed by atoms with Crippen molar-refractivity contribution in [3.8, 4) is 0 Å². The Bertz CT molecular complexity index is 204. The minimum atomic E-state index is 0.283. The molecule has 3 atom stereocenters. The minimum Gasteiger partial charge on any atom is -0.374 e. The van der Waals surface area contributed by atoms with Crippen LogP contribution in [0.25, 0.3) is 0 Å². The predicted octanol–water partition coefficient (Wildman–Crippen LogP) is 2.10. The molecule has 0 amide bonds. The predicted molar refractivity (Wildman–Crippen MR) is 64.6 cm³/mol. The number of nitrogens with one attached hydrogen (secondary N) is 1. The van der Waals surface area contributed by atoms with Crippen molar-refractivity contribution in [1.82, 2.24) is 5.32 Å². The lowest BCUT2D eigenvalue weighted by atomic mass is 9.85. The summed E-state index contributed by atoms with van der Waals surface area (Å²) in [5.41, 5.74) is 0. The van der Waals surface area contributed by atoms with Gasteiger partial charge in [-0.25, -0.2) is 0 Å². The molecule has 0 aromatic carbocycles. The van der Waals surface area contributed by atoms with Gasteiger partial charge in [0.25, 0.3) is 0 Å². The fraction of sp³-hybridized carbons (Fsp3) is 1.00. The van der Waals surface area contributed by atoms with Gasteiger partial charge in [0.15, 0.2) is 0 Å². The molecule has 1 N–H and O–H groups in total. The van der Waals surface area contributed by atoms with Crippen LogP contribution in [0.15, 0.2) is 0 Å². The molecule has 2 aliphatic carbocycles. The van der Waals surface area contributed by atoms with Gasteiger partial charge in [-0.3, -0.25) is 0 Å². The van der Waals surface area contributed by atoms with Gasteiger partial charge in [0.2, 0.25) is 0 Å². The molecule has 0 radical (unpaired) electrons. The van der Waals surface area contributed by atoms with Gasteiger partial charge in [-0.1, -0.05) is 19.8 Å². The highest BCUT2D eigenvalue weighted by molar-refractivity contribution is 4.97. The van der Waals surface area contributed by atoms with E-state index in [1.807, 2.05) is 7.05 Å². The van der Waals surface area contributed by atoms with E-state index in [1.54, 1.807) is 0 Å². The van der Waals surface area contributed by atoms with Crippen molar-refractivity contribution in [3.05, 3.63) is 0 Å². The SMILES string of the molecule is CCCOC1C(NC)CC1OC1CCCC1. The molecule has 0 saturated heterocycles. The molecule has 2 fully saturated rings.